The predicted molar refractivity (Wildman–Crippen MR) is 99.6 cm³/mol. The molecule has 29 heavy (non-hydrogen) atoms. The first-order chi connectivity index (χ1) is 13.6. The van der Waals surface area contributed by atoms with Crippen molar-refractivity contribution in [2.24, 2.45) is 7.05 Å². The Morgan fingerprint density at radius 3 is 2.55 bits per heavy atom. The van der Waals surface area contributed by atoms with Gasteiger partial charge in [-0.05, 0) is 18.2 Å². The first kappa shape index (κ1) is 20.7. The van der Waals surface area contributed by atoms with E-state index in [1.165, 1.54) is 32.4 Å². The van der Waals surface area contributed by atoms with Gasteiger partial charge in [-0.15, -0.1) is 0 Å². The van der Waals surface area contributed by atoms with Crippen LogP contribution in [0.3, 0.4) is 0 Å². The zero-order valence-electron chi connectivity index (χ0n) is 15.1. The maximum absolute atomic E-state index is 14.5. The Hall–Kier alpha value is -3.07. The lowest BCUT2D eigenvalue weighted by Crippen LogP contribution is -2.18. The number of ether oxygens (including phenoxy) is 1. The van der Waals surface area contributed by atoms with E-state index in [0.29, 0.717) is 0 Å². The van der Waals surface area contributed by atoms with Crippen molar-refractivity contribution in [2.75, 3.05) is 12.4 Å². The number of carbonyl (C=O) groups excluding carboxylic acids is 1. The van der Waals surface area contributed by atoms with Gasteiger partial charge in [0, 0.05) is 30.1 Å². The average Bonchev–Trinajstić information content (AvgIpc) is 3.05. The Bertz CT molecular complexity index is 1080. The number of nitrogens with zero attached hydrogens (tertiary/aromatic N) is 2. The summed E-state index contributed by atoms with van der Waals surface area (Å²) in [4.78, 5) is 12.5. The second-order valence-corrected chi connectivity index (χ2v) is 6.44. The summed E-state index contributed by atoms with van der Waals surface area (Å²) in [6.45, 7) is 0. The van der Waals surface area contributed by atoms with Gasteiger partial charge in [-0.2, -0.15) is 18.3 Å². The Kier molecular flexibility index (Phi) is 5.52. The van der Waals surface area contributed by atoms with Gasteiger partial charge in [-0.3, -0.25) is 9.48 Å². The fourth-order valence-electron chi connectivity index (χ4n) is 2.77. The number of benzene rings is 2. The lowest BCUT2D eigenvalue weighted by molar-refractivity contribution is -0.141. The van der Waals surface area contributed by atoms with Crippen LogP contribution < -0.4 is 10.1 Å². The molecule has 0 bridgehead atoms. The van der Waals surface area contributed by atoms with Crippen LogP contribution in [-0.4, -0.2) is 22.8 Å². The third kappa shape index (κ3) is 4.19. The molecule has 5 nitrogen and oxygen atoms in total. The monoisotopic (exact) mass is 427 g/mol. The molecule has 0 atom stereocenters. The minimum atomic E-state index is -4.80. The summed E-state index contributed by atoms with van der Waals surface area (Å²) in [5, 5.41) is 5.76. The third-order valence-corrected chi connectivity index (χ3v) is 4.34. The SMILES string of the molecule is COc1cc(-c2ccccc2NC(=O)c2cn(C)nc2C(F)(F)F)c(F)cc1Cl. The molecule has 1 aromatic heterocycles. The first-order valence-corrected chi connectivity index (χ1v) is 8.54. The summed E-state index contributed by atoms with van der Waals surface area (Å²) in [5.74, 6) is -1.51. The van der Waals surface area contributed by atoms with E-state index < -0.39 is 29.2 Å². The van der Waals surface area contributed by atoms with Crippen LogP contribution in [0.1, 0.15) is 16.1 Å². The Morgan fingerprint density at radius 1 is 1.21 bits per heavy atom. The molecule has 0 aliphatic heterocycles. The molecule has 1 N–H and O–H groups in total. The van der Waals surface area contributed by atoms with E-state index in [2.05, 4.69) is 10.4 Å². The molecule has 3 aromatic rings. The maximum Gasteiger partial charge on any atom is 0.435 e. The molecule has 152 valence electrons. The number of aryl methyl sites for hydroxylation is 1. The molecule has 0 aliphatic carbocycles. The van der Waals surface area contributed by atoms with Crippen molar-refractivity contribution in [3.8, 4) is 16.9 Å². The molecular weight excluding hydrogens is 414 g/mol. The number of para-hydroxylation sites is 1. The van der Waals surface area contributed by atoms with E-state index in [4.69, 9.17) is 16.3 Å². The van der Waals surface area contributed by atoms with Crippen molar-refractivity contribution in [1.29, 1.82) is 0 Å². The van der Waals surface area contributed by atoms with Gasteiger partial charge in [-0.25, -0.2) is 4.39 Å². The summed E-state index contributed by atoms with van der Waals surface area (Å²) < 4.78 is 59.9. The molecule has 1 heterocycles. The summed E-state index contributed by atoms with van der Waals surface area (Å²) in [6.07, 6.45) is -3.84. The number of anilines is 1. The van der Waals surface area contributed by atoms with Crippen LogP contribution in [0.15, 0.2) is 42.6 Å². The largest absolute Gasteiger partial charge is 0.495 e. The van der Waals surface area contributed by atoms with Crippen molar-refractivity contribution in [1.82, 2.24) is 9.78 Å². The summed E-state index contributed by atoms with van der Waals surface area (Å²) in [5.41, 5.74) is -1.55. The van der Waals surface area contributed by atoms with Crippen molar-refractivity contribution < 1.29 is 27.1 Å². The number of aromatic nitrogens is 2. The zero-order chi connectivity index (χ0) is 21.3. The number of amides is 1. The van der Waals surface area contributed by atoms with E-state index in [-0.39, 0.29) is 27.6 Å². The van der Waals surface area contributed by atoms with Crippen LogP contribution in [0, 0.1) is 5.82 Å². The number of hydrogen-bond donors (Lipinski definition) is 1. The summed E-state index contributed by atoms with van der Waals surface area (Å²) in [7, 11) is 2.63. The maximum atomic E-state index is 14.5. The van der Waals surface area contributed by atoms with Gasteiger partial charge in [0.2, 0.25) is 0 Å². The molecular formula is C19H14ClF4N3O2. The average molecular weight is 428 g/mol. The van der Waals surface area contributed by atoms with Crippen molar-refractivity contribution >= 4 is 23.2 Å². The fourth-order valence-corrected chi connectivity index (χ4v) is 3.00. The van der Waals surface area contributed by atoms with Gasteiger partial charge in [0.25, 0.3) is 5.91 Å². The van der Waals surface area contributed by atoms with Crippen LogP contribution in [-0.2, 0) is 13.2 Å². The van der Waals surface area contributed by atoms with E-state index >= 15 is 0 Å². The van der Waals surface area contributed by atoms with E-state index in [1.54, 1.807) is 12.1 Å². The highest BCUT2D eigenvalue weighted by Crippen LogP contribution is 2.37. The number of alkyl halides is 3. The van der Waals surface area contributed by atoms with Crippen LogP contribution in [0.25, 0.3) is 11.1 Å². The van der Waals surface area contributed by atoms with Crippen molar-refractivity contribution in [3.05, 3.63) is 64.7 Å². The summed E-state index contributed by atoms with van der Waals surface area (Å²) in [6, 6.07) is 8.49. The van der Waals surface area contributed by atoms with E-state index in [9.17, 15) is 22.4 Å². The molecule has 1 amide bonds. The number of methoxy groups -OCH3 is 1. The molecule has 0 fully saturated rings. The van der Waals surface area contributed by atoms with Gasteiger partial charge in [-0.1, -0.05) is 29.8 Å². The summed E-state index contributed by atoms with van der Waals surface area (Å²) >= 11 is 5.91. The molecule has 0 radical (unpaired) electrons. The van der Waals surface area contributed by atoms with E-state index in [1.807, 2.05) is 0 Å². The smallest absolute Gasteiger partial charge is 0.435 e. The molecule has 0 saturated heterocycles. The van der Waals surface area contributed by atoms with Gasteiger partial charge in [0.15, 0.2) is 5.69 Å². The van der Waals surface area contributed by atoms with Crippen molar-refractivity contribution in [3.63, 3.8) is 0 Å². The molecule has 2 aromatic carbocycles. The predicted octanol–water partition coefficient (Wildman–Crippen LogP) is 5.16. The highest BCUT2D eigenvalue weighted by Gasteiger charge is 2.39. The van der Waals surface area contributed by atoms with Gasteiger partial charge >= 0.3 is 6.18 Å². The molecule has 0 unspecified atom stereocenters. The second kappa shape index (κ2) is 7.75. The number of hydrogen-bond acceptors (Lipinski definition) is 3. The first-order valence-electron chi connectivity index (χ1n) is 8.16. The lowest BCUT2D eigenvalue weighted by Gasteiger charge is -2.14. The Morgan fingerprint density at radius 2 is 1.90 bits per heavy atom. The Balaban J connectivity index is 2.03. The van der Waals surface area contributed by atoms with Crippen LogP contribution in [0.5, 0.6) is 5.75 Å². The van der Waals surface area contributed by atoms with E-state index in [0.717, 1.165) is 16.9 Å². The lowest BCUT2D eigenvalue weighted by atomic mass is 10.0. The van der Waals surface area contributed by atoms with Crippen LogP contribution in [0.2, 0.25) is 5.02 Å². The van der Waals surface area contributed by atoms with Crippen LogP contribution in [0.4, 0.5) is 23.2 Å². The highest BCUT2D eigenvalue weighted by molar-refractivity contribution is 6.32. The second-order valence-electron chi connectivity index (χ2n) is 6.03. The molecule has 0 aliphatic rings. The number of carbonyl (C=O) groups is 1. The minimum Gasteiger partial charge on any atom is -0.495 e. The highest BCUT2D eigenvalue weighted by atomic mass is 35.5. The zero-order valence-corrected chi connectivity index (χ0v) is 15.9. The van der Waals surface area contributed by atoms with Gasteiger partial charge in [0.1, 0.15) is 11.6 Å². The minimum absolute atomic E-state index is 0.0560. The quantitative estimate of drug-likeness (QED) is 0.585. The van der Waals surface area contributed by atoms with Gasteiger partial charge < -0.3 is 10.1 Å². The number of halogens is 5. The van der Waals surface area contributed by atoms with Crippen LogP contribution >= 0.6 is 11.6 Å². The molecule has 0 spiro atoms. The molecule has 3 rings (SSSR count). The molecule has 0 saturated carbocycles. The van der Waals surface area contributed by atoms with Gasteiger partial charge in [0.05, 0.1) is 17.7 Å². The topological polar surface area (TPSA) is 56.1 Å². The normalized spacial score (nSPS) is 11.4. The number of rotatable bonds is 4. The standard InChI is InChI=1S/C19H14ClF4N3O2/c1-27-9-12(17(26-27)19(22,23)24)18(28)25-15-6-4-3-5-10(15)11-7-16(29-2)13(20)8-14(11)21/h3-9H,1-2H3,(H,25,28). The number of nitrogens with one attached hydrogen (secondary N) is 1. The molecule has 10 heteroatoms. The van der Waals surface area contributed by atoms with Crippen molar-refractivity contribution in [2.45, 2.75) is 6.18 Å². The Labute approximate surface area is 167 Å². The fraction of sp³-hybridized carbons (Fsp3) is 0.158. The third-order valence-electron chi connectivity index (χ3n) is 4.05.